The van der Waals surface area contributed by atoms with Crippen LogP contribution in [-0.4, -0.2) is 11.1 Å². The van der Waals surface area contributed by atoms with Crippen LogP contribution in [0.25, 0.3) is 5.69 Å². The first-order valence-electron chi connectivity index (χ1n) is 7.02. The fraction of sp³-hybridized carbons (Fsp3) is 0.412. The summed E-state index contributed by atoms with van der Waals surface area (Å²) in [4.78, 5) is 0. The zero-order valence-electron chi connectivity index (χ0n) is 12.4. The molecule has 102 valence electrons. The Hall–Kier alpha value is -1.54. The summed E-state index contributed by atoms with van der Waals surface area (Å²) in [6, 6.07) is 11.1. The van der Waals surface area contributed by atoms with E-state index in [-0.39, 0.29) is 0 Å². The highest BCUT2D eigenvalue weighted by Crippen LogP contribution is 2.23. The fourth-order valence-electron chi connectivity index (χ4n) is 2.64. The molecule has 2 N–H and O–H groups in total. The van der Waals surface area contributed by atoms with Gasteiger partial charge in [0.1, 0.15) is 0 Å². The van der Waals surface area contributed by atoms with Gasteiger partial charge in [0.2, 0.25) is 0 Å². The smallest absolute Gasteiger partial charge is 0.0455 e. The van der Waals surface area contributed by atoms with E-state index in [1.807, 2.05) is 0 Å². The van der Waals surface area contributed by atoms with Gasteiger partial charge in [-0.2, -0.15) is 0 Å². The van der Waals surface area contributed by atoms with Crippen molar-refractivity contribution in [2.45, 2.75) is 40.0 Å². The third-order valence-electron chi connectivity index (χ3n) is 3.77. The Labute approximate surface area is 116 Å². The highest BCUT2D eigenvalue weighted by Gasteiger charge is 2.10. The predicted molar refractivity (Wildman–Crippen MR) is 82.1 cm³/mol. The first-order chi connectivity index (χ1) is 9.04. The summed E-state index contributed by atoms with van der Waals surface area (Å²) < 4.78 is 2.31. The highest BCUT2D eigenvalue weighted by atomic mass is 15.0. The molecule has 0 aliphatic rings. The molecule has 0 spiro atoms. The quantitative estimate of drug-likeness (QED) is 0.888. The molecule has 0 saturated heterocycles. The summed E-state index contributed by atoms with van der Waals surface area (Å²) in [7, 11) is 0. The molecule has 0 saturated carbocycles. The average molecular weight is 256 g/mol. The monoisotopic (exact) mass is 256 g/mol. The molecule has 0 aliphatic heterocycles. The number of nitrogens with two attached hydrogens (primary N) is 1. The van der Waals surface area contributed by atoms with E-state index in [1.165, 1.54) is 28.2 Å². The van der Waals surface area contributed by atoms with Crippen LogP contribution in [0, 0.1) is 13.8 Å². The maximum Gasteiger partial charge on any atom is 0.0455 e. The van der Waals surface area contributed by atoms with Crippen LogP contribution in [0.1, 0.15) is 42.3 Å². The summed E-state index contributed by atoms with van der Waals surface area (Å²) in [5.41, 5.74) is 12.2. The third kappa shape index (κ3) is 2.74. The van der Waals surface area contributed by atoms with Crippen molar-refractivity contribution in [1.29, 1.82) is 0 Å². The van der Waals surface area contributed by atoms with Crippen molar-refractivity contribution in [3.8, 4) is 5.69 Å². The Morgan fingerprint density at radius 2 is 1.74 bits per heavy atom. The lowest BCUT2D eigenvalue weighted by Crippen LogP contribution is -2.04. The van der Waals surface area contributed by atoms with Gasteiger partial charge in [0, 0.05) is 17.1 Å². The van der Waals surface area contributed by atoms with E-state index in [2.05, 4.69) is 62.6 Å². The summed E-state index contributed by atoms with van der Waals surface area (Å²) in [6.45, 7) is 9.48. The molecule has 2 aromatic rings. The number of hydrogen-bond donors (Lipinski definition) is 1. The summed E-state index contributed by atoms with van der Waals surface area (Å²) in [5, 5.41) is 0. The van der Waals surface area contributed by atoms with E-state index in [0.29, 0.717) is 12.5 Å². The summed E-state index contributed by atoms with van der Waals surface area (Å²) in [6.07, 6.45) is 0.948. The van der Waals surface area contributed by atoms with Crippen LogP contribution in [0.4, 0.5) is 0 Å². The molecule has 0 aliphatic carbocycles. The minimum absolute atomic E-state index is 0.578. The molecule has 0 fully saturated rings. The van der Waals surface area contributed by atoms with Gasteiger partial charge in [-0.3, -0.25) is 0 Å². The van der Waals surface area contributed by atoms with Gasteiger partial charge in [-0.05, 0) is 62.1 Å². The van der Waals surface area contributed by atoms with Gasteiger partial charge in [0.05, 0.1) is 0 Å². The second kappa shape index (κ2) is 5.62. The van der Waals surface area contributed by atoms with E-state index < -0.39 is 0 Å². The molecule has 1 heterocycles. The van der Waals surface area contributed by atoms with Gasteiger partial charge >= 0.3 is 0 Å². The zero-order valence-corrected chi connectivity index (χ0v) is 12.4. The first-order valence-corrected chi connectivity index (χ1v) is 7.02. The lowest BCUT2D eigenvalue weighted by atomic mass is 10.0. The van der Waals surface area contributed by atoms with E-state index >= 15 is 0 Å². The number of benzene rings is 1. The van der Waals surface area contributed by atoms with Crippen LogP contribution >= 0.6 is 0 Å². The van der Waals surface area contributed by atoms with Crippen LogP contribution in [0.3, 0.4) is 0 Å². The van der Waals surface area contributed by atoms with Crippen molar-refractivity contribution < 1.29 is 0 Å². The molecule has 0 radical (unpaired) electrons. The number of rotatable bonds is 4. The topological polar surface area (TPSA) is 30.9 Å². The van der Waals surface area contributed by atoms with E-state index in [0.717, 1.165) is 6.42 Å². The Morgan fingerprint density at radius 1 is 1.11 bits per heavy atom. The van der Waals surface area contributed by atoms with Crippen LogP contribution < -0.4 is 5.73 Å². The maximum atomic E-state index is 5.67. The summed E-state index contributed by atoms with van der Waals surface area (Å²) in [5.74, 6) is 0.578. The van der Waals surface area contributed by atoms with Gasteiger partial charge in [0.15, 0.2) is 0 Å². The molecule has 2 rings (SSSR count). The zero-order chi connectivity index (χ0) is 14.0. The molecular formula is C17H24N2. The number of aryl methyl sites for hydroxylation is 1. The molecule has 1 aromatic heterocycles. The van der Waals surface area contributed by atoms with Gasteiger partial charge in [-0.1, -0.05) is 26.0 Å². The second-order valence-electron chi connectivity index (χ2n) is 5.52. The van der Waals surface area contributed by atoms with E-state index in [9.17, 15) is 0 Å². The van der Waals surface area contributed by atoms with Crippen LogP contribution in [0.2, 0.25) is 0 Å². The molecular weight excluding hydrogens is 232 g/mol. The molecule has 0 atom stereocenters. The fourth-order valence-corrected chi connectivity index (χ4v) is 2.64. The molecule has 0 amide bonds. The van der Waals surface area contributed by atoms with Crippen LogP contribution in [0.15, 0.2) is 30.3 Å². The SMILES string of the molecule is Cc1cc(CCN)c(C)n1-c1ccc(C(C)C)cc1. The predicted octanol–water partition coefficient (Wildman–Crippen LogP) is 3.72. The Kier molecular flexibility index (Phi) is 4.11. The highest BCUT2D eigenvalue weighted by molar-refractivity contribution is 5.42. The minimum atomic E-state index is 0.578. The molecule has 2 heteroatoms. The molecule has 1 aromatic carbocycles. The van der Waals surface area contributed by atoms with Gasteiger partial charge in [-0.15, -0.1) is 0 Å². The number of hydrogen-bond acceptors (Lipinski definition) is 1. The standard InChI is InChI=1S/C17H24N2/c1-12(2)15-5-7-17(8-6-15)19-13(3)11-16(9-10-18)14(19)4/h5-8,11-12H,9-10,18H2,1-4H3. The largest absolute Gasteiger partial charge is 0.330 e. The Balaban J connectivity index is 2.41. The second-order valence-corrected chi connectivity index (χ2v) is 5.52. The number of aromatic nitrogens is 1. The molecule has 0 bridgehead atoms. The van der Waals surface area contributed by atoms with Crippen molar-refractivity contribution in [1.82, 2.24) is 4.57 Å². The Morgan fingerprint density at radius 3 is 2.26 bits per heavy atom. The number of nitrogens with zero attached hydrogens (tertiary/aromatic N) is 1. The van der Waals surface area contributed by atoms with Crippen molar-refractivity contribution in [2.24, 2.45) is 5.73 Å². The minimum Gasteiger partial charge on any atom is -0.330 e. The van der Waals surface area contributed by atoms with Crippen molar-refractivity contribution in [2.75, 3.05) is 6.54 Å². The summed E-state index contributed by atoms with van der Waals surface area (Å²) >= 11 is 0. The molecule has 0 unspecified atom stereocenters. The van der Waals surface area contributed by atoms with Gasteiger partial charge in [-0.25, -0.2) is 0 Å². The Bertz CT molecular complexity index is 547. The van der Waals surface area contributed by atoms with Crippen LogP contribution in [-0.2, 0) is 6.42 Å². The van der Waals surface area contributed by atoms with Crippen molar-refractivity contribution >= 4 is 0 Å². The van der Waals surface area contributed by atoms with E-state index in [4.69, 9.17) is 5.73 Å². The lowest BCUT2D eigenvalue weighted by Gasteiger charge is -2.12. The van der Waals surface area contributed by atoms with Crippen molar-refractivity contribution in [3.63, 3.8) is 0 Å². The van der Waals surface area contributed by atoms with E-state index in [1.54, 1.807) is 0 Å². The third-order valence-corrected chi connectivity index (χ3v) is 3.77. The average Bonchev–Trinajstić information content (AvgIpc) is 2.65. The lowest BCUT2D eigenvalue weighted by molar-refractivity contribution is 0.863. The van der Waals surface area contributed by atoms with Crippen molar-refractivity contribution in [3.05, 3.63) is 52.8 Å². The van der Waals surface area contributed by atoms with Crippen LogP contribution in [0.5, 0.6) is 0 Å². The molecule has 2 nitrogen and oxygen atoms in total. The first kappa shape index (κ1) is 13.9. The van der Waals surface area contributed by atoms with Gasteiger partial charge < -0.3 is 10.3 Å². The molecule has 19 heavy (non-hydrogen) atoms. The maximum absolute atomic E-state index is 5.67. The normalized spacial score (nSPS) is 11.3. The van der Waals surface area contributed by atoms with Gasteiger partial charge in [0.25, 0.3) is 0 Å².